The van der Waals surface area contributed by atoms with Crippen molar-refractivity contribution in [3.8, 4) is 5.75 Å². The van der Waals surface area contributed by atoms with Gasteiger partial charge in [0.2, 0.25) is 0 Å². The van der Waals surface area contributed by atoms with Gasteiger partial charge in [0.15, 0.2) is 5.60 Å². The van der Waals surface area contributed by atoms with Crippen molar-refractivity contribution in [1.82, 2.24) is 0 Å². The summed E-state index contributed by atoms with van der Waals surface area (Å²) in [5, 5.41) is 19.4. The number of methoxy groups -OCH3 is 1. The first-order valence-corrected chi connectivity index (χ1v) is 5.80. The lowest BCUT2D eigenvalue weighted by atomic mass is 9.91. The molecule has 0 saturated carbocycles. The largest absolute Gasteiger partial charge is 0.495 e. The van der Waals surface area contributed by atoms with Crippen LogP contribution in [0.5, 0.6) is 5.75 Å². The van der Waals surface area contributed by atoms with E-state index in [2.05, 4.69) is 0 Å². The van der Waals surface area contributed by atoms with Crippen LogP contribution in [0, 0.1) is 0 Å². The number of hydrogen-bond acceptors (Lipinski definition) is 4. The van der Waals surface area contributed by atoms with Crippen molar-refractivity contribution in [2.24, 2.45) is 0 Å². The number of carboxylic acid groups (broad SMARTS) is 1. The minimum Gasteiger partial charge on any atom is -0.495 e. The minimum absolute atomic E-state index is 0.0726. The van der Waals surface area contributed by atoms with Crippen molar-refractivity contribution in [2.75, 3.05) is 19.1 Å². The van der Waals surface area contributed by atoms with E-state index in [-0.39, 0.29) is 10.6 Å². The van der Waals surface area contributed by atoms with Crippen LogP contribution in [0.25, 0.3) is 0 Å². The molecule has 0 bridgehead atoms. The smallest absolute Gasteiger partial charge is 0.307 e. The first kappa shape index (κ1) is 13.6. The predicted octanol–water partition coefficient (Wildman–Crippen LogP) is 0.987. The number of carboxylic acids is 1. The van der Waals surface area contributed by atoms with Crippen LogP contribution < -0.4 is 9.64 Å². The maximum absolute atomic E-state index is 12.1. The van der Waals surface area contributed by atoms with Crippen molar-refractivity contribution >= 4 is 29.2 Å². The van der Waals surface area contributed by atoms with Crippen LogP contribution in [0.4, 0.5) is 5.69 Å². The highest BCUT2D eigenvalue weighted by Crippen LogP contribution is 2.49. The summed E-state index contributed by atoms with van der Waals surface area (Å²) in [6, 6.07) is 3.01. The molecule has 6 nitrogen and oxygen atoms in total. The second-order valence-corrected chi connectivity index (χ2v) is 4.68. The van der Waals surface area contributed by atoms with E-state index in [4.69, 9.17) is 21.4 Å². The molecule has 0 spiro atoms. The number of fused-ring (bicyclic) bond motifs is 1. The molecule has 1 aromatic rings. The van der Waals surface area contributed by atoms with E-state index in [9.17, 15) is 14.7 Å². The van der Waals surface area contributed by atoms with Crippen molar-refractivity contribution in [3.05, 3.63) is 22.7 Å². The average molecular weight is 286 g/mol. The molecule has 1 amide bonds. The number of amides is 1. The summed E-state index contributed by atoms with van der Waals surface area (Å²) in [6.45, 7) is 0. The van der Waals surface area contributed by atoms with Gasteiger partial charge in [0.25, 0.3) is 5.91 Å². The second-order valence-electron chi connectivity index (χ2n) is 4.27. The lowest BCUT2D eigenvalue weighted by Crippen LogP contribution is -2.40. The molecular formula is C12H12ClNO5. The Morgan fingerprint density at radius 1 is 1.53 bits per heavy atom. The van der Waals surface area contributed by atoms with Gasteiger partial charge in [-0.05, 0) is 12.1 Å². The Labute approximate surface area is 114 Å². The van der Waals surface area contributed by atoms with E-state index >= 15 is 0 Å². The van der Waals surface area contributed by atoms with Crippen LogP contribution >= 0.6 is 11.6 Å². The summed E-state index contributed by atoms with van der Waals surface area (Å²) in [7, 11) is 2.84. The van der Waals surface area contributed by atoms with Gasteiger partial charge in [-0.2, -0.15) is 0 Å². The van der Waals surface area contributed by atoms with Gasteiger partial charge in [0, 0.05) is 17.6 Å². The second kappa shape index (κ2) is 4.40. The Kier molecular flexibility index (Phi) is 3.15. The number of halogens is 1. The molecule has 7 heteroatoms. The molecule has 2 rings (SSSR count). The van der Waals surface area contributed by atoms with Crippen molar-refractivity contribution in [3.63, 3.8) is 0 Å². The summed E-state index contributed by atoms with van der Waals surface area (Å²) in [4.78, 5) is 24.2. The van der Waals surface area contributed by atoms with Crippen LogP contribution in [0.15, 0.2) is 12.1 Å². The number of hydrogen-bond donors (Lipinski definition) is 2. The van der Waals surface area contributed by atoms with Crippen LogP contribution in [0.1, 0.15) is 12.0 Å². The quantitative estimate of drug-likeness (QED) is 0.865. The number of carbonyl (C=O) groups is 2. The third-order valence-corrected chi connectivity index (χ3v) is 3.44. The Balaban J connectivity index is 2.72. The molecular weight excluding hydrogens is 274 g/mol. The summed E-state index contributed by atoms with van der Waals surface area (Å²) in [5.41, 5.74) is -1.80. The van der Waals surface area contributed by atoms with Crippen LogP contribution in [-0.2, 0) is 15.2 Å². The first-order chi connectivity index (χ1) is 8.82. The number of benzene rings is 1. The molecule has 0 aliphatic carbocycles. The number of nitrogens with zero attached hydrogens (tertiary/aromatic N) is 1. The molecule has 1 heterocycles. The topological polar surface area (TPSA) is 87.1 Å². The van der Waals surface area contributed by atoms with E-state index in [0.717, 1.165) is 4.90 Å². The maximum Gasteiger partial charge on any atom is 0.307 e. The summed E-state index contributed by atoms with van der Waals surface area (Å²) >= 11 is 6.01. The highest BCUT2D eigenvalue weighted by Gasteiger charge is 2.52. The van der Waals surface area contributed by atoms with Gasteiger partial charge in [0.05, 0.1) is 19.2 Å². The Bertz CT molecular complexity index is 573. The maximum atomic E-state index is 12.1. The molecule has 0 aromatic heterocycles. The number of rotatable bonds is 3. The Hall–Kier alpha value is -1.79. The molecule has 1 aromatic carbocycles. The molecule has 0 saturated heterocycles. The molecule has 1 aliphatic heterocycles. The van der Waals surface area contributed by atoms with E-state index in [1.54, 1.807) is 6.07 Å². The summed E-state index contributed by atoms with van der Waals surface area (Å²) in [6.07, 6.45) is -0.754. The van der Waals surface area contributed by atoms with Gasteiger partial charge in [-0.1, -0.05) is 11.6 Å². The van der Waals surface area contributed by atoms with Crippen LogP contribution in [0.3, 0.4) is 0 Å². The number of aliphatic carboxylic acids is 1. The molecule has 1 atom stereocenters. The highest BCUT2D eigenvalue weighted by atomic mass is 35.5. The normalized spacial score (nSPS) is 21.5. The van der Waals surface area contributed by atoms with E-state index in [1.807, 2.05) is 0 Å². The Morgan fingerprint density at radius 3 is 2.68 bits per heavy atom. The molecule has 102 valence electrons. The van der Waals surface area contributed by atoms with Crippen molar-refractivity contribution in [2.45, 2.75) is 12.0 Å². The fraction of sp³-hybridized carbons (Fsp3) is 0.333. The zero-order chi connectivity index (χ0) is 14.4. The van der Waals surface area contributed by atoms with Crippen LogP contribution in [-0.4, -0.2) is 36.2 Å². The van der Waals surface area contributed by atoms with Gasteiger partial charge in [-0.3, -0.25) is 9.59 Å². The monoisotopic (exact) mass is 285 g/mol. The van der Waals surface area contributed by atoms with Gasteiger partial charge < -0.3 is 19.8 Å². The molecule has 1 unspecified atom stereocenters. The van der Waals surface area contributed by atoms with Gasteiger partial charge in [0.1, 0.15) is 5.75 Å². The predicted molar refractivity (Wildman–Crippen MR) is 67.6 cm³/mol. The molecule has 0 fully saturated rings. The zero-order valence-corrected chi connectivity index (χ0v) is 11.1. The fourth-order valence-electron chi connectivity index (χ4n) is 2.31. The third-order valence-electron chi connectivity index (χ3n) is 3.12. The molecule has 1 aliphatic rings. The number of anilines is 1. The lowest BCUT2D eigenvalue weighted by Gasteiger charge is -2.20. The van der Waals surface area contributed by atoms with Gasteiger partial charge in [-0.25, -0.2) is 0 Å². The van der Waals surface area contributed by atoms with Gasteiger partial charge >= 0.3 is 5.97 Å². The third kappa shape index (κ3) is 1.84. The zero-order valence-electron chi connectivity index (χ0n) is 10.3. The summed E-state index contributed by atoms with van der Waals surface area (Å²) < 4.78 is 5.12. The average Bonchev–Trinajstić information content (AvgIpc) is 2.52. The number of carbonyl (C=O) groups excluding carboxylic acids is 1. The summed E-state index contributed by atoms with van der Waals surface area (Å²) in [5.74, 6) is -1.69. The van der Waals surface area contributed by atoms with Gasteiger partial charge in [-0.15, -0.1) is 0 Å². The minimum atomic E-state index is -2.17. The SMILES string of the molecule is COc1ccc(Cl)c2c1N(C)C(=O)C2(O)CC(=O)O. The molecule has 0 radical (unpaired) electrons. The standard InChI is InChI=1S/C12H12ClNO5/c1-14-10-7(19-2)4-3-6(13)9(10)12(18,11(14)17)5-8(15)16/h3-4,18H,5H2,1-2H3,(H,15,16). The van der Waals surface area contributed by atoms with E-state index in [1.165, 1.54) is 20.2 Å². The van der Waals surface area contributed by atoms with Crippen LogP contribution in [0.2, 0.25) is 5.02 Å². The van der Waals surface area contributed by atoms with E-state index in [0.29, 0.717) is 11.4 Å². The van der Waals surface area contributed by atoms with Crippen molar-refractivity contribution < 1.29 is 24.5 Å². The van der Waals surface area contributed by atoms with E-state index < -0.39 is 23.9 Å². The number of ether oxygens (including phenoxy) is 1. The molecule has 2 N–H and O–H groups in total. The Morgan fingerprint density at radius 2 is 2.16 bits per heavy atom. The van der Waals surface area contributed by atoms with Crippen molar-refractivity contribution in [1.29, 1.82) is 0 Å². The fourth-order valence-corrected chi connectivity index (χ4v) is 2.62. The highest BCUT2D eigenvalue weighted by molar-refractivity contribution is 6.33. The lowest BCUT2D eigenvalue weighted by molar-refractivity contribution is -0.150. The first-order valence-electron chi connectivity index (χ1n) is 5.42. The number of aliphatic hydroxyl groups is 1. The number of likely N-dealkylation sites (N-methyl/N-ethyl adjacent to an activating group) is 1. The molecule has 19 heavy (non-hydrogen) atoms.